The molecule has 0 aromatic heterocycles. The molecule has 3 aliphatic heterocycles. The van der Waals surface area contributed by atoms with Gasteiger partial charge in [0.15, 0.2) is 0 Å². The van der Waals surface area contributed by atoms with Crippen LogP contribution in [0.1, 0.15) is 92.2 Å². The lowest BCUT2D eigenvalue weighted by Crippen LogP contribution is -2.62. The fourth-order valence-electron chi connectivity index (χ4n) is 8.85. The van der Waals surface area contributed by atoms with Crippen molar-refractivity contribution in [3.8, 4) is 0 Å². The highest BCUT2D eigenvalue weighted by molar-refractivity contribution is 9.09. The van der Waals surface area contributed by atoms with Crippen molar-refractivity contribution in [2.24, 2.45) is 17.3 Å². The van der Waals surface area contributed by atoms with Gasteiger partial charge in [0, 0.05) is 30.4 Å². The second kappa shape index (κ2) is 15.9. The maximum atomic E-state index is 15.1. The van der Waals surface area contributed by atoms with Gasteiger partial charge in [-0.25, -0.2) is 0 Å². The number of rotatable bonds is 16. The van der Waals surface area contributed by atoms with Gasteiger partial charge >= 0.3 is 5.97 Å². The van der Waals surface area contributed by atoms with Gasteiger partial charge in [-0.1, -0.05) is 86.1 Å². The van der Waals surface area contributed by atoms with Crippen LogP contribution in [0.5, 0.6) is 0 Å². The van der Waals surface area contributed by atoms with Crippen LogP contribution in [0.4, 0.5) is 0 Å². The molecule has 2 bridgehead atoms. The molecule has 282 valence electrons. The molecule has 3 fully saturated rings. The van der Waals surface area contributed by atoms with Crippen molar-refractivity contribution in [1.29, 1.82) is 0 Å². The van der Waals surface area contributed by atoms with Gasteiger partial charge in [-0.3, -0.25) is 19.2 Å². The third-order valence-electron chi connectivity index (χ3n) is 11.0. The molecule has 1 N–H and O–H groups in total. The van der Waals surface area contributed by atoms with Crippen LogP contribution in [-0.2, 0) is 28.7 Å². The van der Waals surface area contributed by atoms with Gasteiger partial charge in [-0.05, 0) is 57.4 Å². The number of likely N-dealkylation sites (tertiary alicyclic amines) is 1. The molecule has 1 spiro atoms. The van der Waals surface area contributed by atoms with Crippen LogP contribution < -0.4 is 0 Å². The molecule has 1 unspecified atom stereocenters. The summed E-state index contributed by atoms with van der Waals surface area (Å²) in [7, 11) is 1.69. The third-order valence-corrected chi connectivity index (χ3v) is 11.8. The highest BCUT2D eigenvalue weighted by atomic mass is 79.9. The minimum absolute atomic E-state index is 0.110. The van der Waals surface area contributed by atoms with Gasteiger partial charge in [0.1, 0.15) is 17.7 Å². The van der Waals surface area contributed by atoms with Crippen LogP contribution in [0, 0.1) is 17.3 Å². The predicted molar refractivity (Wildman–Crippen MR) is 201 cm³/mol. The van der Waals surface area contributed by atoms with Crippen LogP contribution in [0.2, 0.25) is 0 Å². The lowest BCUT2D eigenvalue weighted by Gasteiger charge is -2.46. The Hall–Kier alpha value is -3.02. The fraction of sp³-hybridized carbons (Fsp3) is 0.650. The smallest absolute Gasteiger partial charge is 0.313 e. The van der Waals surface area contributed by atoms with Gasteiger partial charge in [-0.15, -0.1) is 13.2 Å². The zero-order chi connectivity index (χ0) is 38.1. The number of allylic oxidation sites excluding steroid dienone is 1. The molecule has 3 heterocycles. The quantitative estimate of drug-likeness (QED) is 0.128. The van der Waals surface area contributed by atoms with Crippen molar-refractivity contribution < 1.29 is 33.8 Å². The first-order chi connectivity index (χ1) is 23.9. The normalized spacial score (nSPS) is 27.4. The summed E-state index contributed by atoms with van der Waals surface area (Å²) in [5.74, 6) is -3.46. The topological polar surface area (TPSA) is 117 Å². The molecule has 4 rings (SSSR count). The number of halogens is 1. The lowest BCUT2D eigenvalue weighted by molar-refractivity contribution is -0.165. The SMILES string of the molecule is C=CCCC(=O)N(C)[C@@H](C)[C@@H](OC(=O)[C@H]1[C@@H]2O[C@@]3(CC2Br)[C@@H]1C(=O)N([C@@H](CC)CO)[C@@H]3C(=O)N(CC=C)C(C)(C)CC(C)(C)C)c1ccccc1. The van der Waals surface area contributed by atoms with E-state index in [1.807, 2.05) is 58.0 Å². The van der Waals surface area contributed by atoms with Crippen molar-refractivity contribution in [2.75, 3.05) is 20.2 Å². The number of fused-ring (bicyclic) bond motifs is 1. The Bertz CT molecular complexity index is 1460. The summed E-state index contributed by atoms with van der Waals surface area (Å²) in [5.41, 5.74) is -1.36. The van der Waals surface area contributed by atoms with Crippen LogP contribution in [0.25, 0.3) is 0 Å². The average Bonchev–Trinajstić information content (AvgIpc) is 3.67. The van der Waals surface area contributed by atoms with Crippen LogP contribution in [0.3, 0.4) is 0 Å². The van der Waals surface area contributed by atoms with E-state index in [1.54, 1.807) is 29.0 Å². The molecule has 11 heteroatoms. The number of nitrogens with zero attached hydrogens (tertiary/aromatic N) is 3. The van der Waals surface area contributed by atoms with Gasteiger partial charge in [-0.2, -0.15) is 0 Å². The predicted octanol–water partition coefficient (Wildman–Crippen LogP) is 5.83. The van der Waals surface area contributed by atoms with Gasteiger partial charge in [0.05, 0.1) is 36.6 Å². The molecule has 51 heavy (non-hydrogen) atoms. The number of amides is 3. The van der Waals surface area contributed by atoms with Crippen molar-refractivity contribution in [3.63, 3.8) is 0 Å². The molecule has 0 radical (unpaired) electrons. The highest BCUT2D eigenvalue weighted by Gasteiger charge is 2.78. The zero-order valence-electron chi connectivity index (χ0n) is 31.6. The van der Waals surface area contributed by atoms with Crippen LogP contribution >= 0.6 is 15.9 Å². The summed E-state index contributed by atoms with van der Waals surface area (Å²) >= 11 is 3.76. The monoisotopic (exact) mass is 771 g/mol. The highest BCUT2D eigenvalue weighted by Crippen LogP contribution is 2.61. The maximum absolute atomic E-state index is 15.1. The number of esters is 1. The number of aliphatic hydroxyl groups is 1. The summed E-state index contributed by atoms with van der Waals surface area (Å²) in [6.07, 6.45) is 4.00. The van der Waals surface area contributed by atoms with E-state index in [0.29, 0.717) is 31.2 Å². The Labute approximate surface area is 312 Å². The van der Waals surface area contributed by atoms with E-state index in [2.05, 4.69) is 49.9 Å². The number of ether oxygens (including phenoxy) is 2. The maximum Gasteiger partial charge on any atom is 0.313 e. The first kappa shape index (κ1) is 40.7. The van der Waals surface area contributed by atoms with Crippen LogP contribution in [-0.4, -0.2) is 104 Å². The Morgan fingerprint density at radius 1 is 1.16 bits per heavy atom. The van der Waals surface area contributed by atoms with Crippen molar-refractivity contribution in [2.45, 2.75) is 127 Å². The van der Waals surface area contributed by atoms with Gasteiger partial charge in [0.25, 0.3) is 0 Å². The van der Waals surface area contributed by atoms with E-state index in [1.165, 1.54) is 4.90 Å². The molecule has 10 nitrogen and oxygen atoms in total. The number of carbonyl (C=O) groups is 4. The Balaban J connectivity index is 1.78. The van der Waals surface area contributed by atoms with E-state index in [4.69, 9.17) is 9.47 Å². The molecule has 1 aromatic rings. The zero-order valence-corrected chi connectivity index (χ0v) is 33.2. The number of benzene rings is 1. The summed E-state index contributed by atoms with van der Waals surface area (Å²) in [5, 5.41) is 10.6. The summed E-state index contributed by atoms with van der Waals surface area (Å²) in [4.78, 5) is 62.0. The number of carbonyl (C=O) groups excluding carboxylic acids is 4. The fourth-order valence-corrected chi connectivity index (χ4v) is 9.79. The number of hydrogen-bond donors (Lipinski definition) is 1. The molecule has 1 aromatic carbocycles. The van der Waals surface area contributed by atoms with E-state index in [9.17, 15) is 19.5 Å². The third kappa shape index (κ3) is 7.86. The molecule has 3 amide bonds. The molecule has 3 saturated heterocycles. The van der Waals surface area contributed by atoms with Crippen LogP contribution in [0.15, 0.2) is 55.6 Å². The lowest BCUT2D eigenvalue weighted by atomic mass is 9.70. The standard InChI is InChI=1S/C40H58BrN3O7/c1-11-14-20-29(46)42(10)25(4)32(26-18-16-15-17-19-26)50-37(49)30-31-35(47)44(27(13-3)23-45)34(40(31)22-28(41)33(30)51-40)36(48)43(21-12-2)39(8,9)24-38(5,6)7/h11-12,15-19,25,27-28,30-34,45H,1-2,13-14,20-24H2,3-10H3/t25-,27-,28?,30+,31-,32+,33+,34+,40-/m0/s1. The molecular formula is C40H58BrN3O7. The Kier molecular flexibility index (Phi) is 12.7. The minimum atomic E-state index is -1.33. The first-order valence-electron chi connectivity index (χ1n) is 18.2. The van der Waals surface area contributed by atoms with Crippen molar-refractivity contribution >= 4 is 39.6 Å². The molecule has 0 saturated carbocycles. The van der Waals surface area contributed by atoms with Gasteiger partial charge < -0.3 is 29.3 Å². The first-order valence-corrected chi connectivity index (χ1v) is 19.1. The van der Waals surface area contributed by atoms with Crippen molar-refractivity contribution in [3.05, 3.63) is 61.2 Å². The minimum Gasteiger partial charge on any atom is -0.455 e. The number of hydrogen-bond acceptors (Lipinski definition) is 7. The van der Waals surface area contributed by atoms with Gasteiger partial charge in [0.2, 0.25) is 17.7 Å². The van der Waals surface area contributed by atoms with E-state index < -0.39 is 65.2 Å². The Morgan fingerprint density at radius 3 is 2.35 bits per heavy atom. The van der Waals surface area contributed by atoms with E-state index >= 15 is 4.79 Å². The summed E-state index contributed by atoms with van der Waals surface area (Å²) in [6, 6.07) is 6.97. The average molecular weight is 773 g/mol. The molecule has 3 aliphatic rings. The number of likely N-dealkylation sites (N-methyl/N-ethyl adjacent to an activating group) is 1. The largest absolute Gasteiger partial charge is 0.455 e. The second-order valence-electron chi connectivity index (χ2n) is 16.3. The Morgan fingerprint density at radius 2 is 1.80 bits per heavy atom. The molecular weight excluding hydrogens is 714 g/mol. The van der Waals surface area contributed by atoms with E-state index in [0.717, 1.165) is 0 Å². The molecule has 0 aliphatic carbocycles. The summed E-state index contributed by atoms with van der Waals surface area (Å²) in [6.45, 7) is 21.7. The summed E-state index contributed by atoms with van der Waals surface area (Å²) < 4.78 is 13.2. The number of alkyl halides is 1. The van der Waals surface area contributed by atoms with E-state index in [-0.39, 0.29) is 41.6 Å². The second-order valence-corrected chi connectivity index (χ2v) is 17.5. The van der Waals surface area contributed by atoms with Crippen molar-refractivity contribution in [1.82, 2.24) is 14.7 Å². The molecule has 9 atom stereocenters. The number of aliphatic hydroxyl groups excluding tert-OH is 1.